The third-order valence-corrected chi connectivity index (χ3v) is 2.55. The number of morpholine rings is 1. The Bertz CT molecular complexity index is 204. The molecular formula is C8H11NOS. The average molecular weight is 169 g/mol. The molecule has 1 saturated heterocycles. The lowest BCUT2D eigenvalue weighted by molar-refractivity contribution is 0.122. The Morgan fingerprint density at radius 2 is 2.18 bits per heavy atom. The average Bonchev–Trinajstić information content (AvgIpc) is 2.58. The number of rotatable bonds is 1. The normalized spacial score (nSPS) is 18.7. The molecule has 1 aromatic rings. The van der Waals surface area contributed by atoms with Crippen molar-refractivity contribution in [2.24, 2.45) is 0 Å². The zero-order valence-electron chi connectivity index (χ0n) is 6.32. The topological polar surface area (TPSA) is 12.5 Å². The molecule has 0 radical (unpaired) electrons. The summed E-state index contributed by atoms with van der Waals surface area (Å²) in [6.45, 7) is 3.82. The number of hydrogen-bond donors (Lipinski definition) is 0. The smallest absolute Gasteiger partial charge is 0.0642 e. The van der Waals surface area contributed by atoms with E-state index < -0.39 is 0 Å². The van der Waals surface area contributed by atoms with Crippen LogP contribution in [-0.4, -0.2) is 26.3 Å². The standard InChI is InChI=1S/C8H11NOS/c1-6-11-7-8(1)9-2-4-10-5-3-9/h1,6-7H,2-5H2. The zero-order chi connectivity index (χ0) is 7.52. The lowest BCUT2D eigenvalue weighted by Crippen LogP contribution is -2.35. The molecule has 0 N–H and O–H groups in total. The Labute approximate surface area is 70.4 Å². The fourth-order valence-electron chi connectivity index (χ4n) is 1.26. The molecule has 0 unspecified atom stereocenters. The van der Waals surface area contributed by atoms with Crippen molar-refractivity contribution in [2.75, 3.05) is 31.2 Å². The van der Waals surface area contributed by atoms with Crippen molar-refractivity contribution in [1.29, 1.82) is 0 Å². The summed E-state index contributed by atoms with van der Waals surface area (Å²) in [6, 6.07) is 2.16. The molecule has 1 aromatic heterocycles. The van der Waals surface area contributed by atoms with E-state index in [0.717, 1.165) is 26.3 Å². The van der Waals surface area contributed by atoms with Crippen molar-refractivity contribution < 1.29 is 4.74 Å². The monoisotopic (exact) mass is 169 g/mol. The van der Waals surface area contributed by atoms with E-state index in [1.807, 2.05) is 0 Å². The maximum absolute atomic E-state index is 5.26. The van der Waals surface area contributed by atoms with Crippen LogP contribution >= 0.6 is 11.3 Å². The van der Waals surface area contributed by atoms with E-state index in [1.165, 1.54) is 5.69 Å². The van der Waals surface area contributed by atoms with Crippen molar-refractivity contribution >= 4 is 17.0 Å². The number of hydrogen-bond acceptors (Lipinski definition) is 3. The third kappa shape index (κ3) is 1.54. The van der Waals surface area contributed by atoms with E-state index in [2.05, 4.69) is 21.7 Å². The predicted octanol–water partition coefficient (Wildman–Crippen LogP) is 1.58. The molecule has 2 heterocycles. The van der Waals surface area contributed by atoms with Crippen LogP contribution in [-0.2, 0) is 4.74 Å². The molecular weight excluding hydrogens is 158 g/mol. The molecule has 2 nitrogen and oxygen atoms in total. The van der Waals surface area contributed by atoms with E-state index in [-0.39, 0.29) is 0 Å². The molecule has 0 amide bonds. The fourth-order valence-corrected chi connectivity index (χ4v) is 1.92. The Kier molecular flexibility index (Phi) is 2.10. The number of anilines is 1. The highest BCUT2D eigenvalue weighted by Gasteiger charge is 2.10. The first-order valence-electron chi connectivity index (χ1n) is 3.82. The van der Waals surface area contributed by atoms with Crippen LogP contribution < -0.4 is 4.90 Å². The molecule has 0 saturated carbocycles. The highest BCUT2D eigenvalue weighted by molar-refractivity contribution is 7.08. The Morgan fingerprint density at radius 1 is 1.36 bits per heavy atom. The Hall–Kier alpha value is -0.540. The van der Waals surface area contributed by atoms with Crippen molar-refractivity contribution in [3.05, 3.63) is 16.8 Å². The van der Waals surface area contributed by atoms with Gasteiger partial charge >= 0.3 is 0 Å². The quantitative estimate of drug-likeness (QED) is 0.633. The van der Waals surface area contributed by atoms with Gasteiger partial charge in [-0.2, -0.15) is 11.3 Å². The summed E-state index contributed by atoms with van der Waals surface area (Å²) in [5, 5.41) is 4.30. The second-order valence-electron chi connectivity index (χ2n) is 2.58. The van der Waals surface area contributed by atoms with Crippen molar-refractivity contribution in [1.82, 2.24) is 0 Å². The zero-order valence-corrected chi connectivity index (χ0v) is 7.14. The molecule has 11 heavy (non-hydrogen) atoms. The number of thiophene rings is 1. The molecule has 1 aliphatic heterocycles. The molecule has 1 fully saturated rings. The van der Waals surface area contributed by atoms with Crippen LogP contribution in [0, 0.1) is 0 Å². The summed E-state index contributed by atoms with van der Waals surface area (Å²) in [5.41, 5.74) is 1.35. The van der Waals surface area contributed by atoms with Gasteiger partial charge in [-0.25, -0.2) is 0 Å². The molecule has 2 rings (SSSR count). The summed E-state index contributed by atoms with van der Waals surface area (Å²) < 4.78 is 5.26. The highest BCUT2D eigenvalue weighted by Crippen LogP contribution is 2.18. The van der Waals surface area contributed by atoms with Gasteiger partial charge in [0.25, 0.3) is 0 Å². The predicted molar refractivity (Wildman–Crippen MR) is 47.4 cm³/mol. The van der Waals surface area contributed by atoms with Crippen LogP contribution in [0.15, 0.2) is 16.8 Å². The molecule has 0 bridgehead atoms. The van der Waals surface area contributed by atoms with E-state index in [0.29, 0.717) is 0 Å². The van der Waals surface area contributed by atoms with Crippen molar-refractivity contribution in [3.8, 4) is 0 Å². The molecule has 0 spiro atoms. The van der Waals surface area contributed by atoms with Gasteiger partial charge in [-0.3, -0.25) is 0 Å². The van der Waals surface area contributed by atoms with Gasteiger partial charge in [-0.05, 0) is 11.4 Å². The van der Waals surface area contributed by atoms with E-state index >= 15 is 0 Å². The van der Waals surface area contributed by atoms with Gasteiger partial charge in [0.2, 0.25) is 0 Å². The Balaban J connectivity index is 2.04. The maximum Gasteiger partial charge on any atom is 0.0642 e. The molecule has 0 aliphatic carbocycles. The largest absolute Gasteiger partial charge is 0.378 e. The first kappa shape index (κ1) is 7.13. The summed E-state index contributed by atoms with van der Waals surface area (Å²) in [6.07, 6.45) is 0. The van der Waals surface area contributed by atoms with Crippen LogP contribution in [0.1, 0.15) is 0 Å². The molecule has 60 valence electrons. The Morgan fingerprint density at radius 3 is 2.82 bits per heavy atom. The lowest BCUT2D eigenvalue weighted by atomic mass is 10.4. The van der Waals surface area contributed by atoms with Gasteiger partial charge in [0.15, 0.2) is 0 Å². The molecule has 3 heteroatoms. The summed E-state index contributed by atoms with van der Waals surface area (Å²) in [4.78, 5) is 2.36. The maximum atomic E-state index is 5.26. The minimum absolute atomic E-state index is 0.871. The van der Waals surface area contributed by atoms with E-state index in [1.54, 1.807) is 11.3 Å². The van der Waals surface area contributed by atoms with Gasteiger partial charge in [-0.15, -0.1) is 0 Å². The van der Waals surface area contributed by atoms with E-state index in [9.17, 15) is 0 Å². The second-order valence-corrected chi connectivity index (χ2v) is 3.36. The summed E-state index contributed by atoms with van der Waals surface area (Å²) in [7, 11) is 0. The minimum Gasteiger partial charge on any atom is -0.378 e. The second kappa shape index (κ2) is 3.24. The van der Waals surface area contributed by atoms with Crippen molar-refractivity contribution in [2.45, 2.75) is 0 Å². The number of ether oxygens (including phenoxy) is 1. The van der Waals surface area contributed by atoms with E-state index in [4.69, 9.17) is 4.74 Å². The third-order valence-electron chi connectivity index (χ3n) is 1.88. The van der Waals surface area contributed by atoms with Crippen molar-refractivity contribution in [3.63, 3.8) is 0 Å². The van der Waals surface area contributed by atoms with Gasteiger partial charge in [-0.1, -0.05) is 0 Å². The summed E-state index contributed by atoms with van der Waals surface area (Å²) in [5.74, 6) is 0. The van der Waals surface area contributed by atoms with Crippen LogP contribution in [0.2, 0.25) is 0 Å². The van der Waals surface area contributed by atoms with Gasteiger partial charge in [0, 0.05) is 24.2 Å². The fraction of sp³-hybridized carbons (Fsp3) is 0.500. The van der Waals surface area contributed by atoms with Crippen LogP contribution in [0.25, 0.3) is 0 Å². The SMILES string of the molecule is c1cc(N2CCOCC2)cs1. The minimum atomic E-state index is 0.871. The lowest BCUT2D eigenvalue weighted by Gasteiger charge is -2.27. The van der Waals surface area contributed by atoms with Crippen LogP contribution in [0.3, 0.4) is 0 Å². The molecule has 0 aromatic carbocycles. The van der Waals surface area contributed by atoms with Crippen LogP contribution in [0.5, 0.6) is 0 Å². The van der Waals surface area contributed by atoms with Gasteiger partial charge in [0.05, 0.1) is 13.2 Å². The summed E-state index contributed by atoms with van der Waals surface area (Å²) >= 11 is 1.75. The van der Waals surface area contributed by atoms with Crippen LogP contribution in [0.4, 0.5) is 5.69 Å². The highest BCUT2D eigenvalue weighted by atomic mass is 32.1. The molecule has 0 atom stereocenters. The van der Waals surface area contributed by atoms with Gasteiger partial charge < -0.3 is 9.64 Å². The molecule has 1 aliphatic rings. The first-order chi connectivity index (χ1) is 5.47. The van der Waals surface area contributed by atoms with Gasteiger partial charge in [0.1, 0.15) is 0 Å². The number of nitrogens with zero attached hydrogens (tertiary/aromatic N) is 1. The first-order valence-corrected chi connectivity index (χ1v) is 4.76.